The van der Waals surface area contributed by atoms with Crippen molar-refractivity contribution in [1.82, 2.24) is 15.0 Å². The Morgan fingerprint density at radius 1 is 1.20 bits per heavy atom. The van der Waals surface area contributed by atoms with Gasteiger partial charge in [0.05, 0.1) is 30.9 Å². The number of anilines is 3. The Balaban J connectivity index is 1.43. The first kappa shape index (κ1) is 19.9. The predicted octanol–water partition coefficient (Wildman–Crippen LogP) is 4.15. The minimum absolute atomic E-state index is 0.180. The Morgan fingerprint density at radius 3 is 2.67 bits per heavy atom. The van der Waals surface area contributed by atoms with Crippen LogP contribution in [0.3, 0.4) is 0 Å². The maximum atomic E-state index is 13.4. The Morgan fingerprint density at radius 2 is 1.97 bits per heavy atom. The van der Waals surface area contributed by atoms with Crippen LogP contribution in [0.4, 0.5) is 30.8 Å². The van der Waals surface area contributed by atoms with Gasteiger partial charge in [-0.05, 0) is 24.6 Å². The predicted molar refractivity (Wildman–Crippen MR) is 111 cm³/mol. The van der Waals surface area contributed by atoms with Crippen molar-refractivity contribution in [1.29, 1.82) is 0 Å². The fourth-order valence-electron chi connectivity index (χ4n) is 3.50. The number of piperidine rings is 1. The third-order valence-corrected chi connectivity index (χ3v) is 5.09. The molecule has 8 nitrogen and oxygen atoms in total. The molecule has 1 fully saturated rings. The molecule has 0 aromatic carbocycles. The van der Waals surface area contributed by atoms with Crippen LogP contribution in [-0.4, -0.2) is 47.1 Å². The molecule has 1 aliphatic rings. The molecule has 0 atom stereocenters. The second-order valence-corrected chi connectivity index (χ2v) is 7.26. The van der Waals surface area contributed by atoms with Crippen molar-refractivity contribution >= 4 is 34.3 Å². The summed E-state index contributed by atoms with van der Waals surface area (Å²) in [7, 11) is 1.55. The normalized spacial score (nSPS) is 15.8. The summed E-state index contributed by atoms with van der Waals surface area (Å²) in [6, 6.07) is 3.11. The van der Waals surface area contributed by atoms with E-state index in [-0.39, 0.29) is 25.9 Å². The van der Waals surface area contributed by atoms with E-state index in [1.54, 1.807) is 31.6 Å². The van der Waals surface area contributed by atoms with Crippen LogP contribution in [0.25, 0.3) is 11.0 Å². The maximum absolute atomic E-state index is 13.4. The SMILES string of the molecule is COc1cnc2[nH]cc(NC(=O)Nc3cnc(N4CCC(F)(F)CC4)c(C)c3)c2c1. The number of fused-ring (bicyclic) bond motifs is 1. The van der Waals surface area contributed by atoms with Crippen LogP contribution in [0.15, 0.2) is 30.7 Å². The first-order chi connectivity index (χ1) is 14.3. The van der Waals surface area contributed by atoms with Gasteiger partial charge in [0, 0.05) is 37.5 Å². The van der Waals surface area contributed by atoms with Crippen molar-refractivity contribution < 1.29 is 18.3 Å². The molecule has 2 amide bonds. The fourth-order valence-corrected chi connectivity index (χ4v) is 3.50. The molecule has 3 aromatic heterocycles. The number of urea groups is 1. The highest BCUT2D eigenvalue weighted by atomic mass is 19.3. The number of nitrogens with zero attached hydrogens (tertiary/aromatic N) is 3. The number of methoxy groups -OCH3 is 1. The van der Waals surface area contributed by atoms with Gasteiger partial charge in [-0.2, -0.15) is 0 Å². The van der Waals surface area contributed by atoms with Crippen LogP contribution in [-0.2, 0) is 0 Å². The van der Waals surface area contributed by atoms with Crippen molar-refractivity contribution in [2.24, 2.45) is 0 Å². The number of ether oxygens (including phenoxy) is 1. The molecule has 0 spiro atoms. The lowest BCUT2D eigenvalue weighted by molar-refractivity contribution is -0.0221. The topological polar surface area (TPSA) is 95.2 Å². The Hall–Kier alpha value is -3.43. The molecular weight excluding hydrogens is 394 g/mol. The highest BCUT2D eigenvalue weighted by molar-refractivity contribution is 6.05. The summed E-state index contributed by atoms with van der Waals surface area (Å²) in [5.41, 5.74) is 2.50. The molecule has 3 aromatic rings. The lowest BCUT2D eigenvalue weighted by atomic mass is 10.1. The minimum atomic E-state index is -2.61. The van der Waals surface area contributed by atoms with E-state index in [1.807, 2.05) is 11.8 Å². The number of carbonyl (C=O) groups is 1. The number of nitrogens with one attached hydrogen (secondary N) is 3. The number of aromatic nitrogens is 3. The van der Waals surface area contributed by atoms with Crippen molar-refractivity contribution in [2.75, 3.05) is 35.7 Å². The molecule has 3 N–H and O–H groups in total. The molecule has 10 heteroatoms. The molecule has 0 radical (unpaired) electrons. The minimum Gasteiger partial charge on any atom is -0.495 e. The number of carbonyl (C=O) groups excluding carboxylic acids is 1. The summed E-state index contributed by atoms with van der Waals surface area (Å²) in [6.07, 6.45) is 4.40. The molecule has 0 saturated carbocycles. The number of hydrogen-bond acceptors (Lipinski definition) is 5. The molecule has 4 rings (SSSR count). The van der Waals surface area contributed by atoms with Crippen molar-refractivity contribution in [3.8, 4) is 5.75 Å². The summed E-state index contributed by atoms with van der Waals surface area (Å²) >= 11 is 0. The number of hydrogen-bond donors (Lipinski definition) is 3. The van der Waals surface area contributed by atoms with Crippen LogP contribution in [0.5, 0.6) is 5.75 Å². The Labute approximate surface area is 171 Å². The number of halogens is 2. The summed E-state index contributed by atoms with van der Waals surface area (Å²) in [5, 5.41) is 6.23. The number of H-pyrrole nitrogens is 1. The first-order valence-electron chi connectivity index (χ1n) is 9.53. The second-order valence-electron chi connectivity index (χ2n) is 7.26. The van der Waals surface area contributed by atoms with Crippen LogP contribution in [0, 0.1) is 6.92 Å². The van der Waals surface area contributed by atoms with Gasteiger partial charge in [-0.3, -0.25) is 0 Å². The average molecular weight is 416 g/mol. The van der Waals surface area contributed by atoms with E-state index in [9.17, 15) is 13.6 Å². The molecule has 30 heavy (non-hydrogen) atoms. The highest BCUT2D eigenvalue weighted by Gasteiger charge is 2.34. The van der Waals surface area contributed by atoms with Gasteiger partial charge in [-0.25, -0.2) is 23.5 Å². The number of rotatable bonds is 4. The summed E-state index contributed by atoms with van der Waals surface area (Å²) in [6.45, 7) is 2.36. The summed E-state index contributed by atoms with van der Waals surface area (Å²) < 4.78 is 31.9. The van der Waals surface area contributed by atoms with E-state index in [2.05, 4.69) is 25.6 Å². The molecular formula is C20H22F2N6O2. The summed E-state index contributed by atoms with van der Waals surface area (Å²) in [4.78, 5) is 25.9. The van der Waals surface area contributed by atoms with E-state index in [1.165, 1.54) is 6.20 Å². The average Bonchev–Trinajstić information content (AvgIpc) is 3.10. The third-order valence-electron chi connectivity index (χ3n) is 5.09. The lowest BCUT2D eigenvalue weighted by Crippen LogP contribution is -2.40. The van der Waals surface area contributed by atoms with Gasteiger partial charge in [0.15, 0.2) is 0 Å². The standard InChI is InChI=1S/C20H22F2N6O2/c1-12-7-13(9-25-18(12)28-5-3-20(21,22)4-6-28)26-19(29)27-16-11-24-17-15(16)8-14(30-2)10-23-17/h7-11H,3-6H2,1-2H3,(H,23,24)(H2,26,27,29). The van der Waals surface area contributed by atoms with E-state index in [0.29, 0.717) is 28.6 Å². The number of amides is 2. The van der Waals surface area contributed by atoms with Crippen LogP contribution >= 0.6 is 0 Å². The monoisotopic (exact) mass is 416 g/mol. The van der Waals surface area contributed by atoms with E-state index >= 15 is 0 Å². The van der Waals surface area contributed by atoms with Gasteiger partial charge in [0.25, 0.3) is 5.92 Å². The van der Waals surface area contributed by atoms with Crippen LogP contribution in [0.2, 0.25) is 0 Å². The smallest absolute Gasteiger partial charge is 0.323 e. The van der Waals surface area contributed by atoms with Gasteiger partial charge in [0.1, 0.15) is 17.2 Å². The fraction of sp³-hybridized carbons (Fsp3) is 0.350. The van der Waals surface area contributed by atoms with Gasteiger partial charge < -0.3 is 25.3 Å². The molecule has 1 aliphatic heterocycles. The highest BCUT2D eigenvalue weighted by Crippen LogP contribution is 2.31. The van der Waals surface area contributed by atoms with Crippen molar-refractivity contribution in [3.05, 3.63) is 36.3 Å². The van der Waals surface area contributed by atoms with Gasteiger partial charge >= 0.3 is 6.03 Å². The van der Waals surface area contributed by atoms with E-state index in [4.69, 9.17) is 4.74 Å². The van der Waals surface area contributed by atoms with Crippen molar-refractivity contribution in [2.45, 2.75) is 25.7 Å². The van der Waals surface area contributed by atoms with Crippen LogP contribution in [0.1, 0.15) is 18.4 Å². The van der Waals surface area contributed by atoms with Crippen LogP contribution < -0.4 is 20.3 Å². The molecule has 158 valence electrons. The zero-order chi connectivity index (χ0) is 21.3. The Kier molecular flexibility index (Phi) is 5.15. The molecule has 0 unspecified atom stereocenters. The zero-order valence-corrected chi connectivity index (χ0v) is 16.6. The van der Waals surface area contributed by atoms with E-state index in [0.717, 1.165) is 10.9 Å². The third kappa shape index (κ3) is 4.12. The number of pyridine rings is 2. The number of aromatic amines is 1. The zero-order valence-electron chi connectivity index (χ0n) is 16.6. The molecule has 0 bridgehead atoms. The maximum Gasteiger partial charge on any atom is 0.323 e. The Bertz CT molecular complexity index is 1070. The van der Waals surface area contributed by atoms with E-state index < -0.39 is 12.0 Å². The van der Waals surface area contributed by atoms with Gasteiger partial charge in [-0.15, -0.1) is 0 Å². The quantitative estimate of drug-likeness (QED) is 0.594. The summed E-state index contributed by atoms with van der Waals surface area (Å²) in [5.74, 6) is -1.37. The molecule has 1 saturated heterocycles. The number of alkyl halides is 2. The van der Waals surface area contributed by atoms with Gasteiger partial charge in [0.2, 0.25) is 0 Å². The molecule has 4 heterocycles. The number of aryl methyl sites for hydroxylation is 1. The lowest BCUT2D eigenvalue weighted by Gasteiger charge is -2.33. The first-order valence-corrected chi connectivity index (χ1v) is 9.53. The second kappa shape index (κ2) is 7.77. The van der Waals surface area contributed by atoms with Crippen molar-refractivity contribution in [3.63, 3.8) is 0 Å². The largest absolute Gasteiger partial charge is 0.495 e. The van der Waals surface area contributed by atoms with Gasteiger partial charge in [-0.1, -0.05) is 0 Å². The molecule has 0 aliphatic carbocycles.